The van der Waals surface area contributed by atoms with Gasteiger partial charge in [0.25, 0.3) is 5.91 Å². The predicted molar refractivity (Wildman–Crippen MR) is 94.2 cm³/mol. The van der Waals surface area contributed by atoms with Crippen LogP contribution in [-0.4, -0.2) is 36.6 Å². The van der Waals surface area contributed by atoms with E-state index in [9.17, 15) is 22.8 Å². The van der Waals surface area contributed by atoms with E-state index in [-0.39, 0.29) is 24.6 Å². The molecule has 2 aromatic rings. The molecule has 0 aromatic heterocycles. The van der Waals surface area contributed by atoms with Crippen molar-refractivity contribution in [2.24, 2.45) is 0 Å². The lowest BCUT2D eigenvalue weighted by molar-refractivity contribution is -0.137. The fourth-order valence-electron chi connectivity index (χ4n) is 2.74. The number of hydrogen-bond donors (Lipinski definition) is 1. The van der Waals surface area contributed by atoms with Gasteiger partial charge in [0.15, 0.2) is 11.5 Å². The van der Waals surface area contributed by atoms with Crippen LogP contribution in [0.4, 0.5) is 18.9 Å². The Hall–Kier alpha value is -3.23. The van der Waals surface area contributed by atoms with Gasteiger partial charge in [-0.15, -0.1) is 0 Å². The van der Waals surface area contributed by atoms with E-state index in [4.69, 9.17) is 9.47 Å². The van der Waals surface area contributed by atoms with Crippen molar-refractivity contribution in [3.8, 4) is 11.5 Å². The number of nitrogens with zero attached hydrogens (tertiary/aromatic N) is 1. The van der Waals surface area contributed by atoms with Gasteiger partial charge in [-0.05, 0) is 37.3 Å². The number of para-hydroxylation sites is 1. The number of fused-ring (bicyclic) bond motifs is 1. The van der Waals surface area contributed by atoms with Gasteiger partial charge in [0.05, 0.1) is 11.3 Å². The number of carbonyl (C=O) groups is 2. The zero-order valence-corrected chi connectivity index (χ0v) is 14.9. The lowest BCUT2D eigenvalue weighted by Gasteiger charge is -2.21. The summed E-state index contributed by atoms with van der Waals surface area (Å²) in [6, 6.07) is 9.30. The van der Waals surface area contributed by atoms with Crippen molar-refractivity contribution in [3.63, 3.8) is 0 Å². The van der Waals surface area contributed by atoms with Crippen LogP contribution in [0.3, 0.4) is 0 Å². The van der Waals surface area contributed by atoms with Crippen LogP contribution >= 0.6 is 0 Å². The Morgan fingerprint density at radius 3 is 2.54 bits per heavy atom. The maximum atomic E-state index is 13.0. The molecule has 1 aliphatic rings. The Balaban J connectivity index is 1.71. The lowest BCUT2D eigenvalue weighted by atomic mass is 10.1. The van der Waals surface area contributed by atoms with E-state index in [0.717, 1.165) is 12.1 Å². The Morgan fingerprint density at radius 1 is 1.11 bits per heavy atom. The third-order valence-corrected chi connectivity index (χ3v) is 4.13. The minimum Gasteiger partial charge on any atom is -0.454 e. The summed E-state index contributed by atoms with van der Waals surface area (Å²) < 4.78 is 49.6. The third-order valence-electron chi connectivity index (χ3n) is 4.13. The van der Waals surface area contributed by atoms with Crippen molar-refractivity contribution in [2.45, 2.75) is 13.1 Å². The van der Waals surface area contributed by atoms with E-state index in [0.29, 0.717) is 11.5 Å². The number of carbonyl (C=O) groups excluding carboxylic acids is 2. The smallest absolute Gasteiger partial charge is 0.418 e. The van der Waals surface area contributed by atoms with E-state index in [1.807, 2.05) is 0 Å². The Labute approximate surface area is 158 Å². The highest BCUT2D eigenvalue weighted by Crippen LogP contribution is 2.35. The molecule has 0 atom stereocenters. The van der Waals surface area contributed by atoms with Gasteiger partial charge in [-0.2, -0.15) is 13.2 Å². The molecule has 2 aromatic carbocycles. The maximum Gasteiger partial charge on any atom is 0.418 e. The largest absolute Gasteiger partial charge is 0.454 e. The molecule has 2 amide bonds. The lowest BCUT2D eigenvalue weighted by Crippen LogP contribution is -2.38. The number of nitrogens with one attached hydrogen (secondary N) is 1. The molecule has 1 N–H and O–H groups in total. The van der Waals surface area contributed by atoms with E-state index < -0.39 is 30.1 Å². The molecule has 0 spiro atoms. The van der Waals surface area contributed by atoms with Crippen LogP contribution in [0.2, 0.25) is 0 Å². The van der Waals surface area contributed by atoms with Gasteiger partial charge in [-0.25, -0.2) is 0 Å². The summed E-state index contributed by atoms with van der Waals surface area (Å²) in [7, 11) is 0. The van der Waals surface area contributed by atoms with Gasteiger partial charge in [0.2, 0.25) is 12.7 Å². The summed E-state index contributed by atoms with van der Waals surface area (Å²) in [6.45, 7) is 1.53. The zero-order chi connectivity index (χ0) is 20.3. The van der Waals surface area contributed by atoms with Crippen LogP contribution in [0.5, 0.6) is 11.5 Å². The van der Waals surface area contributed by atoms with Crippen molar-refractivity contribution in [3.05, 3.63) is 53.6 Å². The molecule has 0 aliphatic carbocycles. The van der Waals surface area contributed by atoms with Crippen molar-refractivity contribution >= 4 is 17.5 Å². The molecule has 9 heteroatoms. The fourth-order valence-corrected chi connectivity index (χ4v) is 2.74. The number of halogens is 3. The van der Waals surface area contributed by atoms with Gasteiger partial charge in [0, 0.05) is 12.1 Å². The van der Waals surface area contributed by atoms with E-state index in [1.165, 1.54) is 29.2 Å². The highest BCUT2D eigenvalue weighted by Gasteiger charge is 2.33. The minimum absolute atomic E-state index is 0.0610. The molecule has 6 nitrogen and oxygen atoms in total. The summed E-state index contributed by atoms with van der Waals surface area (Å²) in [6.07, 6.45) is -4.60. The SMILES string of the molecule is CCN(CC(=O)Nc1ccccc1C(F)(F)F)C(=O)c1ccc2c(c1)OCO2. The molecule has 0 saturated carbocycles. The molecule has 0 radical (unpaired) electrons. The van der Waals surface area contributed by atoms with Gasteiger partial charge in [-0.1, -0.05) is 12.1 Å². The molecule has 0 saturated heterocycles. The van der Waals surface area contributed by atoms with Gasteiger partial charge in [-0.3, -0.25) is 9.59 Å². The first-order valence-electron chi connectivity index (χ1n) is 8.44. The predicted octanol–water partition coefficient (Wildman–Crippen LogP) is 3.53. The normalized spacial score (nSPS) is 12.6. The second kappa shape index (κ2) is 7.79. The van der Waals surface area contributed by atoms with Crippen LogP contribution in [0.1, 0.15) is 22.8 Å². The number of hydrogen-bond acceptors (Lipinski definition) is 4. The number of rotatable bonds is 5. The van der Waals surface area contributed by atoms with Crippen LogP contribution in [-0.2, 0) is 11.0 Å². The molecular weight excluding hydrogens is 377 g/mol. The monoisotopic (exact) mass is 394 g/mol. The number of likely N-dealkylation sites (N-methyl/N-ethyl adjacent to an activating group) is 1. The highest BCUT2D eigenvalue weighted by atomic mass is 19.4. The number of benzene rings is 2. The van der Waals surface area contributed by atoms with E-state index >= 15 is 0 Å². The summed E-state index contributed by atoms with van der Waals surface area (Å²) in [4.78, 5) is 26.2. The zero-order valence-electron chi connectivity index (χ0n) is 14.9. The topological polar surface area (TPSA) is 67.9 Å². The molecule has 28 heavy (non-hydrogen) atoms. The average Bonchev–Trinajstić information content (AvgIpc) is 3.13. The van der Waals surface area contributed by atoms with Crippen molar-refractivity contribution in [2.75, 3.05) is 25.2 Å². The number of alkyl halides is 3. The summed E-state index contributed by atoms with van der Waals surface area (Å²) in [5, 5.41) is 2.23. The van der Waals surface area contributed by atoms with Crippen LogP contribution < -0.4 is 14.8 Å². The molecule has 3 rings (SSSR count). The highest BCUT2D eigenvalue weighted by molar-refractivity contribution is 6.00. The van der Waals surface area contributed by atoms with Crippen LogP contribution in [0, 0.1) is 0 Å². The standard InChI is InChI=1S/C19H17F3N2O4/c1-2-24(18(26)12-7-8-15-16(9-12)28-11-27-15)10-17(25)23-14-6-4-3-5-13(14)19(20,21)22/h3-9H,2,10-11H2,1H3,(H,23,25). The first-order valence-corrected chi connectivity index (χ1v) is 8.44. The molecule has 0 bridgehead atoms. The maximum absolute atomic E-state index is 13.0. The van der Waals surface area contributed by atoms with Gasteiger partial charge < -0.3 is 19.7 Å². The second-order valence-electron chi connectivity index (χ2n) is 5.98. The molecule has 1 heterocycles. The molecular formula is C19H17F3N2O4. The van der Waals surface area contributed by atoms with Gasteiger partial charge in [0.1, 0.15) is 6.54 Å². The Kier molecular flexibility index (Phi) is 5.43. The number of ether oxygens (including phenoxy) is 2. The number of anilines is 1. The summed E-state index contributed by atoms with van der Waals surface area (Å²) in [5.41, 5.74) is -1.02. The third kappa shape index (κ3) is 4.19. The first-order chi connectivity index (χ1) is 13.3. The quantitative estimate of drug-likeness (QED) is 0.843. The van der Waals surface area contributed by atoms with E-state index in [2.05, 4.69) is 5.32 Å². The van der Waals surface area contributed by atoms with Gasteiger partial charge >= 0.3 is 6.18 Å². The number of amides is 2. The molecule has 148 valence electrons. The first kappa shape index (κ1) is 19.5. The van der Waals surface area contributed by atoms with Crippen molar-refractivity contribution < 1.29 is 32.2 Å². The molecule has 1 aliphatic heterocycles. The average molecular weight is 394 g/mol. The molecule has 0 unspecified atom stereocenters. The van der Waals surface area contributed by atoms with Crippen molar-refractivity contribution in [1.29, 1.82) is 0 Å². The van der Waals surface area contributed by atoms with E-state index in [1.54, 1.807) is 13.0 Å². The minimum atomic E-state index is -4.60. The summed E-state index contributed by atoms with van der Waals surface area (Å²) >= 11 is 0. The molecule has 0 fully saturated rings. The fraction of sp³-hybridized carbons (Fsp3) is 0.263. The van der Waals surface area contributed by atoms with Crippen molar-refractivity contribution in [1.82, 2.24) is 4.90 Å². The van der Waals surface area contributed by atoms with Crippen LogP contribution in [0.25, 0.3) is 0 Å². The van der Waals surface area contributed by atoms with Crippen LogP contribution in [0.15, 0.2) is 42.5 Å². The Bertz CT molecular complexity index is 899. The second-order valence-corrected chi connectivity index (χ2v) is 5.98. The summed E-state index contributed by atoms with van der Waals surface area (Å²) in [5.74, 6) is -0.237. The Morgan fingerprint density at radius 2 is 1.82 bits per heavy atom.